The van der Waals surface area contributed by atoms with E-state index in [0.717, 1.165) is 17.5 Å². The fourth-order valence-electron chi connectivity index (χ4n) is 6.05. The Balaban J connectivity index is 1.45. The number of hydrogen-bond donors (Lipinski definition) is 4. The van der Waals surface area contributed by atoms with Crippen LogP contribution < -0.4 is 15.4 Å². The molecule has 2 unspecified atom stereocenters. The van der Waals surface area contributed by atoms with Crippen LogP contribution in [0.15, 0.2) is 48.5 Å². The van der Waals surface area contributed by atoms with Crippen LogP contribution in [0.3, 0.4) is 0 Å². The molecule has 2 aliphatic rings. The molecule has 2 saturated carbocycles. The van der Waals surface area contributed by atoms with Crippen molar-refractivity contribution in [3.8, 4) is 11.1 Å². The Hall–Kier alpha value is -3.24. The van der Waals surface area contributed by atoms with Crippen molar-refractivity contribution in [1.29, 1.82) is 0 Å². The van der Waals surface area contributed by atoms with E-state index < -0.39 is 32.9 Å². The molecule has 2 fully saturated rings. The molecule has 0 aromatic heterocycles. The molecule has 4 N–H and O–H groups in total. The van der Waals surface area contributed by atoms with Gasteiger partial charge in [0.05, 0.1) is 5.75 Å². The third-order valence-corrected chi connectivity index (χ3v) is 9.90. The van der Waals surface area contributed by atoms with E-state index in [2.05, 4.69) is 15.4 Å². The highest BCUT2D eigenvalue weighted by molar-refractivity contribution is 7.89. The average Bonchev–Trinajstić information content (AvgIpc) is 3.18. The predicted molar refractivity (Wildman–Crippen MR) is 145 cm³/mol. The topological polar surface area (TPSA) is 142 Å². The Morgan fingerprint density at radius 1 is 1.11 bits per heavy atom. The quantitative estimate of drug-likeness (QED) is 0.360. The molecule has 2 bridgehead atoms. The molecule has 0 aliphatic heterocycles. The van der Waals surface area contributed by atoms with Gasteiger partial charge in [0.1, 0.15) is 11.8 Å². The number of carboxylic acids is 1. The maximum absolute atomic E-state index is 13.1. The first-order chi connectivity index (χ1) is 17.9. The molecule has 0 spiro atoms. The fourth-order valence-corrected chi connectivity index (χ4v) is 8.08. The molecule has 3 atom stereocenters. The lowest BCUT2D eigenvalue weighted by atomic mass is 9.70. The van der Waals surface area contributed by atoms with Crippen LogP contribution in [0, 0.1) is 16.7 Å². The second-order valence-electron chi connectivity index (χ2n) is 10.9. The Kier molecular flexibility index (Phi) is 7.67. The second kappa shape index (κ2) is 10.5. The van der Waals surface area contributed by atoms with Crippen LogP contribution in [0.1, 0.15) is 45.6 Å². The van der Waals surface area contributed by atoms with Crippen LogP contribution in [0.5, 0.6) is 0 Å². The van der Waals surface area contributed by atoms with Gasteiger partial charge in [-0.1, -0.05) is 50.2 Å². The summed E-state index contributed by atoms with van der Waals surface area (Å²) >= 11 is 0. The molecule has 2 aromatic carbocycles. The van der Waals surface area contributed by atoms with Gasteiger partial charge >= 0.3 is 12.0 Å². The predicted octanol–water partition coefficient (Wildman–Crippen LogP) is 3.81. The van der Waals surface area contributed by atoms with Crippen molar-refractivity contribution >= 4 is 33.5 Å². The summed E-state index contributed by atoms with van der Waals surface area (Å²) in [6.07, 6.45) is 1.68. The Morgan fingerprint density at radius 3 is 2.39 bits per heavy atom. The normalized spacial score (nSPS) is 22.7. The molecular weight excluding hydrogens is 506 g/mol. The summed E-state index contributed by atoms with van der Waals surface area (Å²) in [6, 6.07) is 12.8. The summed E-state index contributed by atoms with van der Waals surface area (Å²) in [7, 11) is -4.04. The number of nitrogens with one attached hydrogen (secondary N) is 3. The van der Waals surface area contributed by atoms with E-state index in [4.69, 9.17) is 0 Å². The van der Waals surface area contributed by atoms with E-state index in [1.54, 1.807) is 18.2 Å². The van der Waals surface area contributed by atoms with Crippen molar-refractivity contribution < 1.29 is 27.9 Å². The number of carbonyl (C=O) groups is 3. The minimum atomic E-state index is -4.04. The van der Waals surface area contributed by atoms with Gasteiger partial charge in [0.25, 0.3) is 0 Å². The lowest BCUT2D eigenvalue weighted by Gasteiger charge is -2.36. The van der Waals surface area contributed by atoms with Crippen molar-refractivity contribution in [2.45, 2.75) is 52.5 Å². The van der Waals surface area contributed by atoms with Crippen LogP contribution in [-0.2, 0) is 26.0 Å². The van der Waals surface area contributed by atoms with Crippen molar-refractivity contribution in [3.05, 3.63) is 54.1 Å². The molecule has 204 valence electrons. The lowest BCUT2D eigenvalue weighted by molar-refractivity contribution is -0.138. The maximum atomic E-state index is 13.1. The van der Waals surface area contributed by atoms with E-state index in [1.807, 2.05) is 51.1 Å². The summed E-state index contributed by atoms with van der Waals surface area (Å²) in [5, 5.41) is 15.2. The summed E-state index contributed by atoms with van der Waals surface area (Å²) in [4.78, 5) is 36.6. The number of urea groups is 1. The molecule has 9 nitrogen and oxygen atoms in total. The highest BCUT2D eigenvalue weighted by Crippen LogP contribution is 2.64. The smallest absolute Gasteiger partial charge is 0.322 e. The molecule has 0 radical (unpaired) electrons. The van der Waals surface area contributed by atoms with Crippen LogP contribution in [0.25, 0.3) is 11.1 Å². The third-order valence-electron chi connectivity index (χ3n) is 8.38. The van der Waals surface area contributed by atoms with Crippen molar-refractivity contribution in [2.24, 2.45) is 16.7 Å². The minimum Gasteiger partial charge on any atom is -0.480 e. The molecule has 38 heavy (non-hydrogen) atoms. The van der Waals surface area contributed by atoms with Gasteiger partial charge in [0.15, 0.2) is 0 Å². The van der Waals surface area contributed by atoms with Crippen LogP contribution in [0.2, 0.25) is 0 Å². The Bertz CT molecular complexity index is 1340. The zero-order valence-corrected chi connectivity index (χ0v) is 22.7. The summed E-state index contributed by atoms with van der Waals surface area (Å²) in [5.41, 5.74) is 1.61. The molecule has 2 amide bonds. The van der Waals surface area contributed by atoms with Crippen molar-refractivity contribution in [2.75, 3.05) is 17.6 Å². The molecule has 10 heteroatoms. The van der Waals surface area contributed by atoms with Gasteiger partial charge in [-0.05, 0) is 66.3 Å². The maximum Gasteiger partial charge on any atom is 0.322 e. The molecule has 4 rings (SSSR count). The van der Waals surface area contributed by atoms with Gasteiger partial charge in [-0.15, -0.1) is 0 Å². The molecular formula is C28H35N3O6S. The number of rotatable bonds is 10. The van der Waals surface area contributed by atoms with Crippen molar-refractivity contribution in [3.63, 3.8) is 0 Å². The number of fused-ring (bicyclic) bond motifs is 2. The zero-order chi connectivity index (χ0) is 27.7. The van der Waals surface area contributed by atoms with E-state index >= 15 is 0 Å². The lowest BCUT2D eigenvalue weighted by Crippen LogP contribution is -2.49. The molecule has 2 aliphatic carbocycles. The second-order valence-corrected chi connectivity index (χ2v) is 12.7. The summed E-state index contributed by atoms with van der Waals surface area (Å²) in [5.74, 6) is -1.52. The first kappa shape index (κ1) is 27.8. The zero-order valence-electron chi connectivity index (χ0n) is 21.9. The van der Waals surface area contributed by atoms with Gasteiger partial charge in [0.2, 0.25) is 10.0 Å². The average molecular weight is 542 g/mol. The number of sulfonamides is 1. The number of carboxylic acid groups (broad SMARTS) is 1. The number of ketones is 1. The molecule has 0 saturated heterocycles. The highest BCUT2D eigenvalue weighted by Gasteiger charge is 2.65. The van der Waals surface area contributed by atoms with Crippen LogP contribution in [-0.4, -0.2) is 49.6 Å². The van der Waals surface area contributed by atoms with E-state index in [0.29, 0.717) is 30.6 Å². The SMILES string of the molecule is CCNC(=O)Nc1cccc(-c2ccc(C[C@H](NS(=O)(=O)CC34CCC(CC3=O)C4(C)C)C(=O)O)cc2)c1. The molecule has 0 heterocycles. The van der Waals surface area contributed by atoms with Gasteiger partial charge in [-0.2, -0.15) is 0 Å². The monoisotopic (exact) mass is 541 g/mol. The number of amides is 2. The van der Waals surface area contributed by atoms with E-state index in [9.17, 15) is 27.9 Å². The van der Waals surface area contributed by atoms with Gasteiger partial charge in [-0.3, -0.25) is 9.59 Å². The standard InChI is InChI=1S/C28H35N3O6S/c1-4-29-26(35)30-22-7-5-6-20(15-22)19-10-8-18(9-11-19)14-23(25(33)34)31-38(36,37)17-28-13-12-21(16-24(28)32)27(28,2)3/h5-11,15,21,23,31H,4,12-14,16-17H2,1-3H3,(H,33,34)(H2,29,30,35)/t21?,23-,28?/m0/s1. The van der Waals surface area contributed by atoms with Crippen LogP contribution in [0.4, 0.5) is 10.5 Å². The molecule has 2 aromatic rings. The van der Waals surface area contributed by atoms with Gasteiger partial charge in [0, 0.05) is 24.1 Å². The highest BCUT2D eigenvalue weighted by atomic mass is 32.2. The number of hydrogen-bond acceptors (Lipinski definition) is 5. The first-order valence-corrected chi connectivity index (χ1v) is 14.5. The van der Waals surface area contributed by atoms with Crippen molar-refractivity contribution in [1.82, 2.24) is 10.0 Å². The van der Waals surface area contributed by atoms with Gasteiger partial charge in [-0.25, -0.2) is 17.9 Å². The first-order valence-electron chi connectivity index (χ1n) is 12.9. The largest absolute Gasteiger partial charge is 0.480 e. The van der Waals surface area contributed by atoms with E-state index in [1.165, 1.54) is 0 Å². The number of benzene rings is 2. The number of Topliss-reactive ketones (excluding diaryl/α,β-unsaturated/α-hetero) is 1. The minimum absolute atomic E-state index is 0.0307. The summed E-state index contributed by atoms with van der Waals surface area (Å²) in [6.45, 7) is 6.25. The number of carbonyl (C=O) groups excluding carboxylic acids is 2. The Labute approximate surface area is 223 Å². The fraction of sp³-hybridized carbons (Fsp3) is 0.464. The third kappa shape index (κ3) is 5.47. The number of anilines is 1. The van der Waals surface area contributed by atoms with Gasteiger partial charge < -0.3 is 15.7 Å². The number of aliphatic carboxylic acids is 1. The summed E-state index contributed by atoms with van der Waals surface area (Å²) < 4.78 is 28.6. The van der Waals surface area contributed by atoms with Crippen LogP contribution >= 0.6 is 0 Å². The Morgan fingerprint density at radius 2 is 1.82 bits per heavy atom. The van der Waals surface area contributed by atoms with E-state index in [-0.39, 0.29) is 29.9 Å².